The molecule has 0 fully saturated rings. The molecule has 1 N–H and O–H groups in total. The molecule has 2 aromatic carbocycles. The van der Waals surface area contributed by atoms with Crippen LogP contribution < -0.4 is 5.32 Å². The molecule has 0 aliphatic heterocycles. The van der Waals surface area contributed by atoms with Gasteiger partial charge < -0.3 is 15.0 Å². The van der Waals surface area contributed by atoms with Crippen LogP contribution in [0.5, 0.6) is 0 Å². The van der Waals surface area contributed by atoms with Gasteiger partial charge in [0.25, 0.3) is 0 Å². The molecule has 0 aliphatic rings. The number of aryl methyl sites for hydroxylation is 1. The molecule has 0 aromatic heterocycles. The number of nitrogens with zero attached hydrogens (tertiary/aromatic N) is 1. The largest absolute Gasteiger partial charge is 0.461 e. The van der Waals surface area contributed by atoms with Crippen molar-refractivity contribution in [2.45, 2.75) is 33.6 Å². The average Bonchev–Trinajstić information content (AvgIpc) is 2.77. The Morgan fingerprint density at radius 1 is 0.897 bits per heavy atom. The second kappa shape index (κ2) is 12.0. The van der Waals surface area contributed by atoms with Gasteiger partial charge in [0, 0.05) is 30.8 Å². The number of anilines is 1. The molecule has 0 amide bonds. The summed E-state index contributed by atoms with van der Waals surface area (Å²) in [5.74, 6) is -0.192. The number of carbonyl (C=O) groups excluding carboxylic acids is 2. The summed E-state index contributed by atoms with van der Waals surface area (Å²) in [7, 11) is 0. The van der Waals surface area contributed by atoms with Crippen LogP contribution in [0.15, 0.2) is 48.5 Å². The molecule has 0 atom stereocenters. The molecule has 0 bridgehead atoms. The van der Waals surface area contributed by atoms with E-state index in [9.17, 15) is 9.59 Å². The Morgan fingerprint density at radius 3 is 2.10 bits per heavy atom. The first-order chi connectivity index (χ1) is 14.1. The van der Waals surface area contributed by atoms with Gasteiger partial charge in [0.05, 0.1) is 5.56 Å². The lowest BCUT2D eigenvalue weighted by Crippen LogP contribution is -2.27. The van der Waals surface area contributed by atoms with Crippen molar-refractivity contribution >= 4 is 17.4 Å². The molecule has 0 unspecified atom stereocenters. The lowest BCUT2D eigenvalue weighted by Gasteiger charge is -2.17. The number of rotatable bonds is 12. The molecule has 2 rings (SSSR count). The van der Waals surface area contributed by atoms with Gasteiger partial charge in [0.2, 0.25) is 0 Å². The third-order valence-electron chi connectivity index (χ3n) is 5.02. The second-order valence-corrected chi connectivity index (χ2v) is 6.89. The quantitative estimate of drug-likeness (QED) is 0.425. The summed E-state index contributed by atoms with van der Waals surface area (Å²) in [6.45, 7) is 9.84. The lowest BCUT2D eigenvalue weighted by molar-refractivity contribution is 0.0466. The molecule has 0 saturated carbocycles. The monoisotopic (exact) mass is 396 g/mol. The van der Waals surface area contributed by atoms with Crippen molar-refractivity contribution in [1.29, 1.82) is 0 Å². The third kappa shape index (κ3) is 7.35. The fourth-order valence-corrected chi connectivity index (χ4v) is 3.01. The van der Waals surface area contributed by atoms with E-state index in [0.29, 0.717) is 25.1 Å². The van der Waals surface area contributed by atoms with Crippen molar-refractivity contribution in [3.05, 3.63) is 65.2 Å². The predicted octanol–water partition coefficient (Wildman–Crippen LogP) is 4.43. The molecular weight excluding hydrogens is 364 g/mol. The number of hydrogen-bond donors (Lipinski definition) is 1. The SMILES string of the molecule is CCc1ccc(C(=O)CCNc2ccc(C(=O)OCCN(CC)CC)cc2)cc1. The van der Waals surface area contributed by atoms with Crippen LogP contribution in [0.25, 0.3) is 0 Å². The summed E-state index contributed by atoms with van der Waals surface area (Å²) in [4.78, 5) is 26.6. The lowest BCUT2D eigenvalue weighted by atomic mass is 10.0. The molecule has 0 saturated heterocycles. The van der Waals surface area contributed by atoms with E-state index in [1.165, 1.54) is 5.56 Å². The normalized spacial score (nSPS) is 10.8. The maximum atomic E-state index is 12.3. The first-order valence-electron chi connectivity index (χ1n) is 10.4. The van der Waals surface area contributed by atoms with Gasteiger partial charge >= 0.3 is 5.97 Å². The molecule has 0 heterocycles. The van der Waals surface area contributed by atoms with Crippen molar-refractivity contribution in [3.8, 4) is 0 Å². The second-order valence-electron chi connectivity index (χ2n) is 6.89. The maximum absolute atomic E-state index is 12.3. The minimum atomic E-state index is -0.311. The van der Waals surface area contributed by atoms with Gasteiger partial charge in [-0.2, -0.15) is 0 Å². The van der Waals surface area contributed by atoms with Crippen molar-refractivity contribution in [2.75, 3.05) is 38.1 Å². The van der Waals surface area contributed by atoms with Crippen LogP contribution in [-0.4, -0.2) is 49.4 Å². The van der Waals surface area contributed by atoms with Crippen LogP contribution >= 0.6 is 0 Å². The zero-order valence-electron chi connectivity index (χ0n) is 17.7. The number of ether oxygens (including phenoxy) is 1. The maximum Gasteiger partial charge on any atom is 0.338 e. The van der Waals surface area contributed by atoms with Crippen LogP contribution in [-0.2, 0) is 11.2 Å². The van der Waals surface area contributed by atoms with E-state index in [2.05, 4.69) is 31.0 Å². The molecule has 2 aromatic rings. The minimum absolute atomic E-state index is 0.119. The number of nitrogens with one attached hydrogen (secondary N) is 1. The molecule has 0 aliphatic carbocycles. The fraction of sp³-hybridized carbons (Fsp3) is 0.417. The Hall–Kier alpha value is -2.66. The van der Waals surface area contributed by atoms with Gasteiger partial charge in [-0.25, -0.2) is 4.79 Å². The van der Waals surface area contributed by atoms with Crippen LogP contribution in [0.1, 0.15) is 53.5 Å². The summed E-state index contributed by atoms with van der Waals surface area (Å²) in [5, 5.41) is 3.23. The molecule has 0 radical (unpaired) electrons. The first kappa shape index (κ1) is 22.6. The van der Waals surface area contributed by atoms with E-state index in [0.717, 1.165) is 37.3 Å². The molecular formula is C24H32N2O3. The summed E-state index contributed by atoms with van der Waals surface area (Å²) in [6.07, 6.45) is 1.39. The number of benzene rings is 2. The Bertz CT molecular complexity index is 766. The van der Waals surface area contributed by atoms with Gasteiger partial charge in [-0.15, -0.1) is 0 Å². The smallest absolute Gasteiger partial charge is 0.338 e. The number of ketones is 1. The highest BCUT2D eigenvalue weighted by Crippen LogP contribution is 2.12. The highest BCUT2D eigenvalue weighted by atomic mass is 16.5. The van der Waals surface area contributed by atoms with Crippen LogP contribution in [0.3, 0.4) is 0 Å². The fourth-order valence-electron chi connectivity index (χ4n) is 3.01. The third-order valence-corrected chi connectivity index (χ3v) is 5.02. The number of likely N-dealkylation sites (N-methyl/N-ethyl adjacent to an activating group) is 1. The number of Topliss-reactive ketones (excluding diaryl/α,β-unsaturated/α-hetero) is 1. The van der Waals surface area contributed by atoms with Crippen LogP contribution in [0.2, 0.25) is 0 Å². The van der Waals surface area contributed by atoms with Gasteiger partial charge in [-0.1, -0.05) is 45.0 Å². The van der Waals surface area contributed by atoms with Crippen LogP contribution in [0.4, 0.5) is 5.69 Å². The number of carbonyl (C=O) groups is 2. The standard InChI is InChI=1S/C24H32N2O3/c1-4-19-7-9-20(10-8-19)23(27)15-16-25-22-13-11-21(12-14-22)24(28)29-18-17-26(5-2)6-3/h7-14,25H,4-6,15-18H2,1-3H3. The zero-order valence-corrected chi connectivity index (χ0v) is 17.7. The van der Waals surface area contributed by atoms with E-state index in [-0.39, 0.29) is 11.8 Å². The predicted molar refractivity (Wildman–Crippen MR) is 118 cm³/mol. The average molecular weight is 397 g/mol. The van der Waals surface area contributed by atoms with Crippen LogP contribution in [0, 0.1) is 0 Å². The summed E-state index contributed by atoms with van der Waals surface area (Å²) < 4.78 is 5.33. The Kier molecular flexibility index (Phi) is 9.38. The topological polar surface area (TPSA) is 58.6 Å². The Labute approximate surface area is 174 Å². The van der Waals surface area contributed by atoms with Gasteiger partial charge in [0.15, 0.2) is 5.78 Å². The van der Waals surface area contributed by atoms with E-state index in [4.69, 9.17) is 4.74 Å². The summed E-state index contributed by atoms with van der Waals surface area (Å²) >= 11 is 0. The first-order valence-corrected chi connectivity index (χ1v) is 10.4. The number of esters is 1. The van der Waals surface area contributed by atoms with E-state index in [1.54, 1.807) is 12.1 Å². The van der Waals surface area contributed by atoms with Crippen molar-refractivity contribution in [3.63, 3.8) is 0 Å². The Morgan fingerprint density at radius 2 is 1.52 bits per heavy atom. The summed E-state index contributed by atoms with van der Waals surface area (Å²) in [5.41, 5.74) is 3.37. The minimum Gasteiger partial charge on any atom is -0.461 e. The van der Waals surface area contributed by atoms with Crippen molar-refractivity contribution < 1.29 is 14.3 Å². The Balaban J connectivity index is 1.75. The van der Waals surface area contributed by atoms with E-state index in [1.807, 2.05) is 36.4 Å². The van der Waals surface area contributed by atoms with Crippen molar-refractivity contribution in [2.24, 2.45) is 0 Å². The summed E-state index contributed by atoms with van der Waals surface area (Å²) in [6, 6.07) is 14.9. The zero-order chi connectivity index (χ0) is 21.1. The van der Waals surface area contributed by atoms with Gasteiger partial charge in [-0.3, -0.25) is 4.79 Å². The molecule has 29 heavy (non-hydrogen) atoms. The van der Waals surface area contributed by atoms with E-state index < -0.39 is 0 Å². The molecule has 5 heteroatoms. The highest BCUT2D eigenvalue weighted by molar-refractivity contribution is 5.96. The highest BCUT2D eigenvalue weighted by Gasteiger charge is 2.09. The van der Waals surface area contributed by atoms with Gasteiger partial charge in [-0.05, 0) is 49.3 Å². The van der Waals surface area contributed by atoms with Gasteiger partial charge in [0.1, 0.15) is 6.61 Å². The molecule has 0 spiro atoms. The van der Waals surface area contributed by atoms with E-state index >= 15 is 0 Å². The van der Waals surface area contributed by atoms with Crippen molar-refractivity contribution in [1.82, 2.24) is 4.90 Å². The molecule has 156 valence electrons. The molecule has 5 nitrogen and oxygen atoms in total. The number of hydrogen-bond acceptors (Lipinski definition) is 5.